The van der Waals surface area contributed by atoms with Crippen LogP contribution in [-0.4, -0.2) is 19.8 Å². The molecule has 0 aliphatic heterocycles. The third kappa shape index (κ3) is 3.26. The molecule has 0 radical (unpaired) electrons. The van der Waals surface area contributed by atoms with E-state index in [1.807, 2.05) is 6.07 Å². The van der Waals surface area contributed by atoms with Gasteiger partial charge in [-0.15, -0.1) is 0 Å². The van der Waals surface area contributed by atoms with Crippen LogP contribution in [0.15, 0.2) is 44.3 Å². The van der Waals surface area contributed by atoms with Crippen LogP contribution in [0.1, 0.15) is 11.3 Å². The fourth-order valence-electron chi connectivity index (χ4n) is 1.76. The van der Waals surface area contributed by atoms with Gasteiger partial charge in [-0.05, 0) is 46.3 Å². The molecule has 2 aromatic rings. The number of anilines is 1. The second-order valence-electron chi connectivity index (χ2n) is 4.33. The van der Waals surface area contributed by atoms with Crippen molar-refractivity contribution in [3.8, 4) is 6.07 Å². The van der Waals surface area contributed by atoms with Crippen LogP contribution in [-0.2, 0) is 16.6 Å². The molecule has 0 spiro atoms. The number of benzene rings is 1. The van der Waals surface area contributed by atoms with Crippen LogP contribution < -0.4 is 5.73 Å². The van der Waals surface area contributed by atoms with Crippen LogP contribution >= 0.6 is 15.9 Å². The molecule has 0 fully saturated rings. The maximum Gasteiger partial charge on any atom is 0.245 e. The first-order valence-corrected chi connectivity index (χ1v) is 8.08. The highest BCUT2D eigenvalue weighted by molar-refractivity contribution is 9.10. The van der Waals surface area contributed by atoms with Crippen molar-refractivity contribution in [1.82, 2.24) is 4.31 Å². The fraction of sp³-hybridized carbons (Fsp3) is 0.154. The Labute approximate surface area is 130 Å². The summed E-state index contributed by atoms with van der Waals surface area (Å²) in [7, 11) is -2.33. The summed E-state index contributed by atoms with van der Waals surface area (Å²) in [4.78, 5) is -0.0328. The van der Waals surface area contributed by atoms with Crippen molar-refractivity contribution < 1.29 is 12.8 Å². The van der Waals surface area contributed by atoms with E-state index in [0.29, 0.717) is 16.0 Å². The van der Waals surface area contributed by atoms with Crippen molar-refractivity contribution in [3.05, 3.63) is 46.3 Å². The summed E-state index contributed by atoms with van der Waals surface area (Å²) in [6.45, 7) is 0.0768. The summed E-state index contributed by atoms with van der Waals surface area (Å²) in [5.74, 6) is 0.500. The van der Waals surface area contributed by atoms with Crippen LogP contribution in [0.3, 0.4) is 0 Å². The van der Waals surface area contributed by atoms with E-state index in [9.17, 15) is 8.42 Å². The molecule has 6 nitrogen and oxygen atoms in total. The van der Waals surface area contributed by atoms with Gasteiger partial charge < -0.3 is 10.2 Å². The number of nitrogens with two attached hydrogens (primary N) is 1. The quantitative estimate of drug-likeness (QED) is 0.833. The molecule has 0 saturated carbocycles. The number of rotatable bonds is 4. The molecule has 0 aliphatic carbocycles. The summed E-state index contributed by atoms with van der Waals surface area (Å²) in [6.07, 6.45) is 0. The zero-order valence-electron chi connectivity index (χ0n) is 11.1. The topological polar surface area (TPSA) is 100 Å². The molecule has 1 aromatic heterocycles. The van der Waals surface area contributed by atoms with Gasteiger partial charge in [-0.2, -0.15) is 9.57 Å². The van der Waals surface area contributed by atoms with Crippen molar-refractivity contribution in [1.29, 1.82) is 5.26 Å². The van der Waals surface area contributed by atoms with Gasteiger partial charge in [0.15, 0.2) is 4.67 Å². The second-order valence-corrected chi connectivity index (χ2v) is 7.13. The van der Waals surface area contributed by atoms with Gasteiger partial charge in [-0.25, -0.2) is 8.42 Å². The summed E-state index contributed by atoms with van der Waals surface area (Å²) in [6, 6.07) is 9.36. The number of nitrogen functional groups attached to an aromatic ring is 1. The lowest BCUT2D eigenvalue weighted by Crippen LogP contribution is -2.27. The van der Waals surface area contributed by atoms with E-state index in [1.165, 1.54) is 25.2 Å². The van der Waals surface area contributed by atoms with Crippen LogP contribution in [0.5, 0.6) is 0 Å². The summed E-state index contributed by atoms with van der Waals surface area (Å²) in [5.41, 5.74) is 6.08. The van der Waals surface area contributed by atoms with Gasteiger partial charge in [0, 0.05) is 7.05 Å². The SMILES string of the molecule is CN(Cc1ccc(Br)o1)S(=O)(=O)c1ccc(C#N)cc1N. The maximum atomic E-state index is 12.5. The molecule has 1 aromatic carbocycles. The second kappa shape index (κ2) is 5.89. The summed E-state index contributed by atoms with van der Waals surface area (Å²) < 4.78 is 31.9. The average Bonchev–Trinajstić information content (AvgIpc) is 2.83. The molecule has 1 heterocycles. The minimum atomic E-state index is -3.76. The molecule has 0 unspecified atom stereocenters. The van der Waals surface area contributed by atoms with E-state index in [1.54, 1.807) is 12.1 Å². The third-order valence-electron chi connectivity index (χ3n) is 2.83. The molecular formula is C13H12BrN3O3S. The molecule has 21 heavy (non-hydrogen) atoms. The highest BCUT2D eigenvalue weighted by atomic mass is 79.9. The molecule has 0 amide bonds. The van der Waals surface area contributed by atoms with Crippen molar-refractivity contribution in [2.45, 2.75) is 11.4 Å². The fourth-order valence-corrected chi connectivity index (χ4v) is 3.33. The van der Waals surface area contributed by atoms with E-state index in [0.717, 1.165) is 4.31 Å². The first kappa shape index (κ1) is 15.6. The van der Waals surface area contributed by atoms with Gasteiger partial charge in [0.2, 0.25) is 10.0 Å². The van der Waals surface area contributed by atoms with Gasteiger partial charge in [-0.3, -0.25) is 0 Å². The van der Waals surface area contributed by atoms with Gasteiger partial charge >= 0.3 is 0 Å². The Hall–Kier alpha value is -1.82. The van der Waals surface area contributed by atoms with Gasteiger partial charge in [0.25, 0.3) is 0 Å². The van der Waals surface area contributed by atoms with Crippen LogP contribution in [0.2, 0.25) is 0 Å². The van der Waals surface area contributed by atoms with E-state index in [4.69, 9.17) is 15.4 Å². The molecule has 0 saturated heterocycles. The van der Waals surface area contributed by atoms with Crippen molar-refractivity contribution in [2.24, 2.45) is 0 Å². The Bertz CT molecular complexity index is 808. The van der Waals surface area contributed by atoms with E-state index < -0.39 is 10.0 Å². The highest BCUT2D eigenvalue weighted by Crippen LogP contribution is 2.24. The largest absolute Gasteiger partial charge is 0.453 e. The molecule has 2 rings (SSSR count). The molecule has 2 N–H and O–H groups in total. The van der Waals surface area contributed by atoms with Gasteiger partial charge in [-0.1, -0.05) is 0 Å². The van der Waals surface area contributed by atoms with Crippen LogP contribution in [0.4, 0.5) is 5.69 Å². The van der Waals surface area contributed by atoms with Crippen molar-refractivity contribution in [3.63, 3.8) is 0 Å². The lowest BCUT2D eigenvalue weighted by atomic mass is 10.2. The lowest BCUT2D eigenvalue weighted by Gasteiger charge is -2.17. The number of nitrogens with zero attached hydrogens (tertiary/aromatic N) is 2. The zero-order chi connectivity index (χ0) is 15.6. The summed E-state index contributed by atoms with van der Waals surface area (Å²) in [5, 5.41) is 8.78. The number of hydrogen-bond acceptors (Lipinski definition) is 5. The molecule has 8 heteroatoms. The predicted molar refractivity (Wildman–Crippen MR) is 80.6 cm³/mol. The number of nitriles is 1. The lowest BCUT2D eigenvalue weighted by molar-refractivity contribution is 0.399. The van der Waals surface area contributed by atoms with Crippen LogP contribution in [0, 0.1) is 11.3 Å². The Morgan fingerprint density at radius 3 is 2.62 bits per heavy atom. The number of hydrogen-bond donors (Lipinski definition) is 1. The smallest absolute Gasteiger partial charge is 0.245 e. The standard InChI is InChI=1S/C13H12BrN3O3S/c1-17(8-10-3-5-13(14)20-10)21(18,19)12-4-2-9(7-15)6-11(12)16/h2-6H,8,16H2,1H3. The molecule has 0 bridgehead atoms. The first-order chi connectivity index (χ1) is 9.84. The van der Waals surface area contributed by atoms with Gasteiger partial charge in [0.05, 0.1) is 23.9 Å². The highest BCUT2D eigenvalue weighted by Gasteiger charge is 2.24. The van der Waals surface area contributed by atoms with E-state index in [-0.39, 0.29) is 17.1 Å². The Morgan fingerprint density at radius 2 is 2.10 bits per heavy atom. The minimum Gasteiger partial charge on any atom is -0.453 e. The van der Waals surface area contributed by atoms with Gasteiger partial charge in [0.1, 0.15) is 10.7 Å². The van der Waals surface area contributed by atoms with E-state index >= 15 is 0 Å². The van der Waals surface area contributed by atoms with Crippen molar-refractivity contribution >= 4 is 31.6 Å². The molecule has 0 atom stereocenters. The normalized spacial score (nSPS) is 11.5. The average molecular weight is 370 g/mol. The predicted octanol–water partition coefficient (Wildman–Crippen LogP) is 2.32. The summed E-state index contributed by atoms with van der Waals surface area (Å²) >= 11 is 3.16. The Morgan fingerprint density at radius 1 is 1.38 bits per heavy atom. The molecule has 110 valence electrons. The monoisotopic (exact) mass is 369 g/mol. The number of furan rings is 1. The molecule has 0 aliphatic rings. The molecular weight excluding hydrogens is 358 g/mol. The Kier molecular flexibility index (Phi) is 4.37. The van der Waals surface area contributed by atoms with E-state index in [2.05, 4.69) is 15.9 Å². The third-order valence-corrected chi connectivity index (χ3v) is 5.14. The van der Waals surface area contributed by atoms with Crippen LogP contribution in [0.25, 0.3) is 0 Å². The number of halogens is 1. The zero-order valence-corrected chi connectivity index (χ0v) is 13.5. The van der Waals surface area contributed by atoms with Crippen molar-refractivity contribution in [2.75, 3.05) is 12.8 Å². The Balaban J connectivity index is 2.31. The first-order valence-electron chi connectivity index (χ1n) is 5.85. The maximum absolute atomic E-state index is 12.5. The number of sulfonamides is 1. The minimum absolute atomic E-state index is 0.0328.